The van der Waals surface area contributed by atoms with E-state index < -0.39 is 30.1 Å². The molecule has 1 N–H and O–H groups in total. The number of ether oxygens (including phenoxy) is 1. The fourth-order valence-corrected chi connectivity index (χ4v) is 3.46. The van der Waals surface area contributed by atoms with Crippen molar-refractivity contribution in [3.63, 3.8) is 0 Å². The second-order valence-corrected chi connectivity index (χ2v) is 6.98. The summed E-state index contributed by atoms with van der Waals surface area (Å²) in [4.78, 5) is 51.8. The first kappa shape index (κ1) is 21.8. The number of aromatic nitrogens is 2. The van der Waals surface area contributed by atoms with Gasteiger partial charge in [-0.2, -0.15) is 4.68 Å². The number of nitrogens with zero attached hydrogens (tertiary/aromatic N) is 3. The summed E-state index contributed by atoms with van der Waals surface area (Å²) < 4.78 is 6.59. The monoisotopic (exact) mass is 425 g/mol. The minimum absolute atomic E-state index is 0.00862. The molecule has 0 aliphatic heterocycles. The van der Waals surface area contributed by atoms with Crippen molar-refractivity contribution in [3.8, 4) is 0 Å². The summed E-state index contributed by atoms with van der Waals surface area (Å²) in [6.45, 7) is 3.75. The van der Waals surface area contributed by atoms with E-state index in [4.69, 9.17) is 4.74 Å². The highest BCUT2D eigenvalue weighted by Gasteiger charge is 2.27. The molecule has 2 aromatic carbocycles. The summed E-state index contributed by atoms with van der Waals surface area (Å²) in [6, 6.07) is 11.1. The van der Waals surface area contributed by atoms with Gasteiger partial charge >= 0.3 is 18.0 Å². The van der Waals surface area contributed by atoms with Crippen molar-refractivity contribution in [1.29, 1.82) is 0 Å². The first-order valence-electron chi connectivity index (χ1n) is 9.68. The van der Waals surface area contributed by atoms with E-state index in [2.05, 4.69) is 0 Å². The summed E-state index contributed by atoms with van der Waals surface area (Å²) >= 11 is 0. The number of carbonyl (C=O) groups excluding carboxylic acids is 2. The van der Waals surface area contributed by atoms with Crippen molar-refractivity contribution in [2.24, 2.45) is 0 Å². The molecule has 0 fully saturated rings. The van der Waals surface area contributed by atoms with Crippen LogP contribution in [0.2, 0.25) is 0 Å². The Balaban J connectivity index is 2.19. The molecular formula is C22H23N3O6. The molecule has 0 radical (unpaired) electrons. The number of aromatic carboxylic acids is 1. The first-order valence-corrected chi connectivity index (χ1v) is 9.68. The SMILES string of the molecule is CCN(Cc1ccccc1C)C(=O)n1c(=O)c2cccc(C(=O)O)c2n1CC(=O)OC. The number of carboxylic acids is 1. The summed E-state index contributed by atoms with van der Waals surface area (Å²) in [7, 11) is 1.17. The quantitative estimate of drug-likeness (QED) is 0.608. The number of methoxy groups -OCH3 is 1. The largest absolute Gasteiger partial charge is 0.478 e. The zero-order valence-electron chi connectivity index (χ0n) is 17.5. The van der Waals surface area contributed by atoms with Crippen LogP contribution in [-0.2, 0) is 22.6 Å². The van der Waals surface area contributed by atoms with Gasteiger partial charge < -0.3 is 14.7 Å². The predicted molar refractivity (Wildman–Crippen MR) is 113 cm³/mol. The molecule has 0 aliphatic carbocycles. The average Bonchev–Trinajstić information content (AvgIpc) is 3.04. The summed E-state index contributed by atoms with van der Waals surface area (Å²) in [6.07, 6.45) is 0. The number of aryl methyl sites for hydroxylation is 1. The molecule has 1 amide bonds. The topological polar surface area (TPSA) is 111 Å². The van der Waals surface area contributed by atoms with Crippen molar-refractivity contribution < 1.29 is 24.2 Å². The highest BCUT2D eigenvalue weighted by Crippen LogP contribution is 2.19. The third-order valence-corrected chi connectivity index (χ3v) is 5.15. The van der Waals surface area contributed by atoms with Crippen LogP contribution in [0, 0.1) is 6.92 Å². The Hall–Kier alpha value is -3.88. The number of amides is 1. The maximum atomic E-state index is 13.4. The van der Waals surface area contributed by atoms with Gasteiger partial charge in [0.15, 0.2) is 0 Å². The molecule has 0 bridgehead atoms. The lowest BCUT2D eigenvalue weighted by Crippen LogP contribution is -2.42. The van der Waals surface area contributed by atoms with Crippen LogP contribution in [0.15, 0.2) is 47.3 Å². The smallest absolute Gasteiger partial charge is 0.346 e. The fraction of sp³-hybridized carbons (Fsp3) is 0.273. The number of esters is 1. The van der Waals surface area contributed by atoms with E-state index in [1.165, 1.54) is 30.2 Å². The van der Waals surface area contributed by atoms with Crippen LogP contribution in [-0.4, -0.2) is 51.0 Å². The molecule has 1 aromatic heterocycles. The van der Waals surface area contributed by atoms with Gasteiger partial charge in [0.2, 0.25) is 0 Å². The van der Waals surface area contributed by atoms with Crippen molar-refractivity contribution in [2.45, 2.75) is 26.9 Å². The zero-order chi connectivity index (χ0) is 22.7. The molecule has 0 unspecified atom stereocenters. The number of fused-ring (bicyclic) bond motifs is 1. The van der Waals surface area contributed by atoms with E-state index in [1.807, 2.05) is 31.2 Å². The van der Waals surface area contributed by atoms with Crippen LogP contribution in [0.3, 0.4) is 0 Å². The molecule has 0 aliphatic rings. The Morgan fingerprint density at radius 3 is 2.42 bits per heavy atom. The number of para-hydroxylation sites is 1. The Labute approximate surface area is 178 Å². The summed E-state index contributed by atoms with van der Waals surface area (Å²) in [5.74, 6) is -2.00. The van der Waals surface area contributed by atoms with E-state index >= 15 is 0 Å². The van der Waals surface area contributed by atoms with E-state index in [9.17, 15) is 24.3 Å². The Kier molecular flexibility index (Phi) is 6.24. The van der Waals surface area contributed by atoms with Gasteiger partial charge in [-0.3, -0.25) is 14.3 Å². The minimum atomic E-state index is -1.28. The Bertz CT molecular complexity index is 1220. The minimum Gasteiger partial charge on any atom is -0.478 e. The Morgan fingerprint density at radius 1 is 1.10 bits per heavy atom. The highest BCUT2D eigenvalue weighted by atomic mass is 16.5. The number of carbonyl (C=O) groups is 3. The van der Waals surface area contributed by atoms with Gasteiger partial charge in [0.25, 0.3) is 5.56 Å². The van der Waals surface area contributed by atoms with Gasteiger partial charge in [-0.25, -0.2) is 9.59 Å². The van der Waals surface area contributed by atoms with Gasteiger partial charge in [-0.1, -0.05) is 30.3 Å². The summed E-state index contributed by atoms with van der Waals surface area (Å²) in [5, 5.41) is 9.61. The third kappa shape index (κ3) is 4.07. The average molecular weight is 425 g/mol. The molecule has 31 heavy (non-hydrogen) atoms. The van der Waals surface area contributed by atoms with Crippen LogP contribution in [0.5, 0.6) is 0 Å². The molecule has 3 rings (SSSR count). The van der Waals surface area contributed by atoms with Crippen molar-refractivity contribution in [1.82, 2.24) is 14.3 Å². The number of carboxylic acid groups (broad SMARTS) is 1. The number of rotatable bonds is 6. The van der Waals surface area contributed by atoms with Crippen molar-refractivity contribution in [2.75, 3.05) is 13.7 Å². The van der Waals surface area contributed by atoms with Gasteiger partial charge in [0.1, 0.15) is 6.54 Å². The maximum absolute atomic E-state index is 13.4. The van der Waals surface area contributed by atoms with Crippen LogP contribution in [0.4, 0.5) is 4.79 Å². The normalized spacial score (nSPS) is 10.8. The molecule has 0 atom stereocenters. The lowest BCUT2D eigenvalue weighted by Gasteiger charge is -2.23. The second kappa shape index (κ2) is 8.86. The van der Waals surface area contributed by atoms with E-state index in [0.29, 0.717) is 6.54 Å². The summed E-state index contributed by atoms with van der Waals surface area (Å²) in [5.41, 5.74) is 1.00. The van der Waals surface area contributed by atoms with Gasteiger partial charge in [-0.05, 0) is 37.1 Å². The molecule has 9 nitrogen and oxygen atoms in total. The van der Waals surface area contributed by atoms with Gasteiger partial charge in [-0.15, -0.1) is 0 Å². The van der Waals surface area contributed by atoms with Crippen molar-refractivity contribution in [3.05, 3.63) is 69.5 Å². The van der Waals surface area contributed by atoms with E-state index in [0.717, 1.165) is 20.5 Å². The van der Waals surface area contributed by atoms with E-state index in [1.54, 1.807) is 6.92 Å². The first-order chi connectivity index (χ1) is 14.8. The lowest BCUT2D eigenvalue weighted by atomic mass is 10.1. The standard InChI is InChI=1S/C22H23N3O6/c1-4-23(12-15-9-6-5-8-14(15)2)22(30)25-20(27)16-10-7-11-17(21(28)29)19(16)24(25)13-18(26)31-3/h5-11H,4,12-13H2,1-3H3,(H,28,29). The molecule has 9 heteroatoms. The van der Waals surface area contributed by atoms with Gasteiger partial charge in [0.05, 0.1) is 23.6 Å². The zero-order valence-corrected chi connectivity index (χ0v) is 17.5. The molecular weight excluding hydrogens is 402 g/mol. The fourth-order valence-electron chi connectivity index (χ4n) is 3.46. The number of hydrogen-bond donors (Lipinski definition) is 1. The third-order valence-electron chi connectivity index (χ3n) is 5.15. The number of benzene rings is 2. The van der Waals surface area contributed by atoms with Crippen LogP contribution in [0.25, 0.3) is 10.9 Å². The molecule has 162 valence electrons. The highest BCUT2D eigenvalue weighted by molar-refractivity contribution is 6.03. The van der Waals surface area contributed by atoms with Crippen LogP contribution >= 0.6 is 0 Å². The van der Waals surface area contributed by atoms with Gasteiger partial charge in [0, 0.05) is 13.1 Å². The predicted octanol–water partition coefficient (Wildman–Crippen LogP) is 2.47. The number of hydrogen-bond acceptors (Lipinski definition) is 5. The maximum Gasteiger partial charge on any atom is 0.346 e. The van der Waals surface area contributed by atoms with Crippen molar-refractivity contribution >= 4 is 28.9 Å². The molecule has 1 heterocycles. The second-order valence-electron chi connectivity index (χ2n) is 6.98. The van der Waals surface area contributed by atoms with Crippen LogP contribution < -0.4 is 5.56 Å². The Morgan fingerprint density at radius 2 is 1.81 bits per heavy atom. The van der Waals surface area contributed by atoms with E-state index in [-0.39, 0.29) is 23.0 Å². The molecule has 0 saturated heterocycles. The molecule has 0 saturated carbocycles. The lowest BCUT2D eigenvalue weighted by molar-refractivity contribution is -0.141. The molecule has 3 aromatic rings. The van der Waals surface area contributed by atoms with Crippen LogP contribution in [0.1, 0.15) is 28.4 Å². The molecule has 0 spiro atoms.